The first kappa shape index (κ1) is 9.95. The van der Waals surface area contributed by atoms with E-state index in [2.05, 4.69) is 26.8 Å². The second kappa shape index (κ2) is 3.22. The zero-order valence-electron chi connectivity index (χ0n) is 9.47. The van der Waals surface area contributed by atoms with E-state index in [0.717, 1.165) is 31.6 Å². The number of carbonyl (C=O) groups is 1. The Balaban J connectivity index is 2.33. The van der Waals surface area contributed by atoms with Crippen molar-refractivity contribution in [2.45, 2.75) is 46.5 Å². The van der Waals surface area contributed by atoms with E-state index in [9.17, 15) is 4.79 Å². The highest BCUT2D eigenvalue weighted by atomic mass is 16.1. The fourth-order valence-corrected chi connectivity index (χ4v) is 3.19. The van der Waals surface area contributed by atoms with Crippen LogP contribution in [0.5, 0.6) is 0 Å². The van der Waals surface area contributed by atoms with E-state index in [1.807, 2.05) is 0 Å². The standard InChI is InChI=1S/C13H20O/c1-9-6-7-13(3)11(8-9)10(2)4-5-12(13)14/h6,10-11H,4-5,7-8H2,1-3H3/t10-,11+,13+/m0/s1. The van der Waals surface area contributed by atoms with E-state index >= 15 is 0 Å². The van der Waals surface area contributed by atoms with Crippen LogP contribution in [0.25, 0.3) is 0 Å². The number of hydrogen-bond donors (Lipinski definition) is 0. The van der Waals surface area contributed by atoms with Gasteiger partial charge >= 0.3 is 0 Å². The molecular weight excluding hydrogens is 172 g/mol. The van der Waals surface area contributed by atoms with Crippen molar-refractivity contribution in [3.05, 3.63) is 11.6 Å². The molecule has 1 fully saturated rings. The summed E-state index contributed by atoms with van der Waals surface area (Å²) in [5.41, 5.74) is 1.45. The molecule has 1 saturated carbocycles. The quantitative estimate of drug-likeness (QED) is 0.538. The molecule has 1 nitrogen and oxygen atoms in total. The lowest BCUT2D eigenvalue weighted by Gasteiger charge is -2.46. The number of Topliss-reactive ketones (excluding diaryl/α,β-unsaturated/α-hetero) is 1. The van der Waals surface area contributed by atoms with Gasteiger partial charge < -0.3 is 0 Å². The van der Waals surface area contributed by atoms with Gasteiger partial charge in [-0.3, -0.25) is 4.79 Å². The Labute approximate surface area is 86.6 Å². The number of ketones is 1. The van der Waals surface area contributed by atoms with Crippen molar-refractivity contribution in [2.24, 2.45) is 17.3 Å². The van der Waals surface area contributed by atoms with Crippen LogP contribution in [-0.4, -0.2) is 5.78 Å². The summed E-state index contributed by atoms with van der Waals surface area (Å²) in [5, 5.41) is 0. The molecule has 2 aliphatic rings. The summed E-state index contributed by atoms with van der Waals surface area (Å²) in [6.07, 6.45) is 6.30. The summed E-state index contributed by atoms with van der Waals surface area (Å²) in [7, 11) is 0. The molecule has 0 aliphatic heterocycles. The van der Waals surface area contributed by atoms with Crippen molar-refractivity contribution in [3.63, 3.8) is 0 Å². The molecule has 0 amide bonds. The molecule has 0 aromatic heterocycles. The lowest BCUT2D eigenvalue weighted by atomic mass is 9.57. The molecule has 0 N–H and O–H groups in total. The molecule has 0 saturated heterocycles. The normalized spacial score (nSPS) is 43.1. The van der Waals surface area contributed by atoms with Crippen molar-refractivity contribution < 1.29 is 4.79 Å². The van der Waals surface area contributed by atoms with Gasteiger partial charge in [0.1, 0.15) is 5.78 Å². The van der Waals surface area contributed by atoms with Crippen molar-refractivity contribution in [3.8, 4) is 0 Å². The molecule has 0 unspecified atom stereocenters. The number of rotatable bonds is 0. The van der Waals surface area contributed by atoms with Gasteiger partial charge in [-0.15, -0.1) is 0 Å². The SMILES string of the molecule is CC1=CC[C@@]2(C)C(=O)CC[C@H](C)[C@H]2C1. The van der Waals surface area contributed by atoms with Gasteiger partial charge in [0.15, 0.2) is 0 Å². The molecule has 2 aliphatic carbocycles. The van der Waals surface area contributed by atoms with E-state index in [0.29, 0.717) is 11.7 Å². The van der Waals surface area contributed by atoms with Crippen LogP contribution in [0.1, 0.15) is 46.5 Å². The summed E-state index contributed by atoms with van der Waals surface area (Å²) < 4.78 is 0. The molecule has 2 rings (SSSR count). The Kier molecular flexibility index (Phi) is 2.29. The number of hydrogen-bond acceptors (Lipinski definition) is 1. The molecule has 3 atom stereocenters. The summed E-state index contributed by atoms with van der Waals surface area (Å²) in [5.74, 6) is 1.83. The monoisotopic (exact) mass is 192 g/mol. The third-order valence-corrected chi connectivity index (χ3v) is 4.39. The van der Waals surface area contributed by atoms with E-state index in [1.54, 1.807) is 0 Å². The first-order valence-corrected chi connectivity index (χ1v) is 5.73. The minimum absolute atomic E-state index is 0.0306. The summed E-state index contributed by atoms with van der Waals surface area (Å²) in [4.78, 5) is 12.0. The largest absolute Gasteiger partial charge is 0.299 e. The van der Waals surface area contributed by atoms with Crippen LogP contribution < -0.4 is 0 Å². The maximum Gasteiger partial charge on any atom is 0.139 e. The van der Waals surface area contributed by atoms with E-state index in [-0.39, 0.29) is 5.41 Å². The van der Waals surface area contributed by atoms with Crippen LogP contribution >= 0.6 is 0 Å². The van der Waals surface area contributed by atoms with E-state index in [1.165, 1.54) is 5.57 Å². The van der Waals surface area contributed by atoms with Crippen LogP contribution in [0, 0.1) is 17.3 Å². The predicted octanol–water partition coefficient (Wildman–Crippen LogP) is 3.35. The molecule has 1 heteroatoms. The van der Waals surface area contributed by atoms with Crippen molar-refractivity contribution in [1.82, 2.24) is 0 Å². The third-order valence-electron chi connectivity index (χ3n) is 4.39. The molecule has 0 aromatic rings. The predicted molar refractivity (Wildman–Crippen MR) is 58.0 cm³/mol. The Hall–Kier alpha value is -0.590. The van der Waals surface area contributed by atoms with Crippen LogP contribution in [0.15, 0.2) is 11.6 Å². The lowest BCUT2D eigenvalue weighted by molar-refractivity contribution is -0.136. The van der Waals surface area contributed by atoms with Crippen LogP contribution in [0.3, 0.4) is 0 Å². The average molecular weight is 192 g/mol. The number of fused-ring (bicyclic) bond motifs is 1. The Morgan fingerprint density at radius 2 is 2.21 bits per heavy atom. The second-order valence-corrected chi connectivity index (χ2v) is 5.42. The third kappa shape index (κ3) is 1.34. The van der Waals surface area contributed by atoms with Gasteiger partial charge in [-0.05, 0) is 38.0 Å². The molecule has 0 spiro atoms. The molecular formula is C13H20O. The van der Waals surface area contributed by atoms with Gasteiger partial charge in [-0.1, -0.05) is 25.5 Å². The zero-order valence-corrected chi connectivity index (χ0v) is 9.47. The fourth-order valence-electron chi connectivity index (χ4n) is 3.19. The highest BCUT2D eigenvalue weighted by Gasteiger charge is 2.46. The van der Waals surface area contributed by atoms with Crippen LogP contribution in [0.2, 0.25) is 0 Å². The fraction of sp³-hybridized carbons (Fsp3) is 0.769. The van der Waals surface area contributed by atoms with Crippen LogP contribution in [-0.2, 0) is 4.79 Å². The average Bonchev–Trinajstić information content (AvgIpc) is 2.16. The maximum absolute atomic E-state index is 12.0. The zero-order chi connectivity index (χ0) is 10.3. The molecule has 14 heavy (non-hydrogen) atoms. The minimum atomic E-state index is -0.0306. The Bertz CT molecular complexity index is 290. The molecule has 0 radical (unpaired) electrons. The lowest BCUT2D eigenvalue weighted by Crippen LogP contribution is -2.44. The minimum Gasteiger partial charge on any atom is -0.299 e. The van der Waals surface area contributed by atoms with Gasteiger partial charge in [-0.25, -0.2) is 0 Å². The van der Waals surface area contributed by atoms with Crippen molar-refractivity contribution in [2.75, 3.05) is 0 Å². The van der Waals surface area contributed by atoms with Gasteiger partial charge in [0.2, 0.25) is 0 Å². The Morgan fingerprint density at radius 3 is 2.93 bits per heavy atom. The van der Waals surface area contributed by atoms with Crippen molar-refractivity contribution in [1.29, 1.82) is 0 Å². The van der Waals surface area contributed by atoms with E-state index in [4.69, 9.17) is 0 Å². The highest BCUT2D eigenvalue weighted by molar-refractivity contribution is 5.86. The van der Waals surface area contributed by atoms with Gasteiger partial charge in [-0.2, -0.15) is 0 Å². The second-order valence-electron chi connectivity index (χ2n) is 5.42. The van der Waals surface area contributed by atoms with E-state index < -0.39 is 0 Å². The molecule has 0 heterocycles. The highest BCUT2D eigenvalue weighted by Crippen LogP contribution is 2.49. The number of carbonyl (C=O) groups excluding carboxylic acids is 1. The van der Waals surface area contributed by atoms with Crippen molar-refractivity contribution >= 4 is 5.78 Å². The summed E-state index contributed by atoms with van der Waals surface area (Å²) in [6, 6.07) is 0. The molecule has 78 valence electrons. The smallest absolute Gasteiger partial charge is 0.139 e. The maximum atomic E-state index is 12.0. The summed E-state index contributed by atoms with van der Waals surface area (Å²) >= 11 is 0. The van der Waals surface area contributed by atoms with Gasteiger partial charge in [0.25, 0.3) is 0 Å². The molecule has 0 bridgehead atoms. The number of allylic oxidation sites excluding steroid dienone is 2. The van der Waals surface area contributed by atoms with Gasteiger partial charge in [0, 0.05) is 11.8 Å². The first-order chi connectivity index (χ1) is 6.54. The van der Waals surface area contributed by atoms with Gasteiger partial charge in [0.05, 0.1) is 0 Å². The molecule has 0 aromatic carbocycles. The first-order valence-electron chi connectivity index (χ1n) is 5.73. The van der Waals surface area contributed by atoms with Crippen LogP contribution in [0.4, 0.5) is 0 Å². The summed E-state index contributed by atoms with van der Waals surface area (Å²) in [6.45, 7) is 6.69. The topological polar surface area (TPSA) is 17.1 Å². The Morgan fingerprint density at radius 1 is 1.50 bits per heavy atom.